The zero-order chi connectivity index (χ0) is 17.4. The van der Waals surface area contributed by atoms with Gasteiger partial charge in [0.1, 0.15) is 5.82 Å². The van der Waals surface area contributed by atoms with Gasteiger partial charge < -0.3 is 14.4 Å². The molecule has 1 amide bonds. The number of hydrogen-bond acceptors (Lipinski definition) is 3. The van der Waals surface area contributed by atoms with Gasteiger partial charge in [0.2, 0.25) is 5.91 Å². The Hall–Kier alpha value is -1.46. The third-order valence-corrected chi connectivity index (χ3v) is 4.87. The van der Waals surface area contributed by atoms with Crippen LogP contribution in [0, 0.1) is 5.82 Å². The Balaban J connectivity index is 2.24. The molecule has 1 aromatic rings. The van der Waals surface area contributed by atoms with Crippen molar-refractivity contribution in [2.24, 2.45) is 0 Å². The van der Waals surface area contributed by atoms with E-state index in [9.17, 15) is 9.18 Å². The summed E-state index contributed by atoms with van der Waals surface area (Å²) in [6.45, 7) is 2.30. The van der Waals surface area contributed by atoms with Crippen molar-refractivity contribution in [1.82, 2.24) is 4.90 Å². The molecule has 0 bridgehead atoms. The lowest BCUT2D eigenvalue weighted by atomic mass is 9.77. The Morgan fingerprint density at radius 3 is 2.50 bits per heavy atom. The number of ether oxygens (including phenoxy) is 2. The standard InChI is InChI=1S/C19H28FNO3/c1-23-13-6-11-21(12-14-24-2)18(22)19(9-3-4-10-19)16-7-5-8-17(20)15-16/h5,7-8,15H,3-4,6,9-14H2,1-2H3. The van der Waals surface area contributed by atoms with Gasteiger partial charge in [-0.25, -0.2) is 4.39 Å². The molecular formula is C19H28FNO3. The van der Waals surface area contributed by atoms with E-state index in [2.05, 4.69) is 0 Å². The Labute approximate surface area is 143 Å². The molecule has 24 heavy (non-hydrogen) atoms. The molecule has 0 radical (unpaired) electrons. The zero-order valence-corrected chi connectivity index (χ0v) is 14.7. The van der Waals surface area contributed by atoms with Crippen molar-refractivity contribution < 1.29 is 18.7 Å². The number of carbonyl (C=O) groups is 1. The van der Waals surface area contributed by atoms with E-state index in [0.717, 1.165) is 37.7 Å². The SMILES string of the molecule is COCCCN(CCOC)C(=O)C1(c2cccc(F)c2)CCCC1. The monoisotopic (exact) mass is 337 g/mol. The smallest absolute Gasteiger partial charge is 0.233 e. The van der Waals surface area contributed by atoms with Crippen LogP contribution < -0.4 is 0 Å². The maximum absolute atomic E-state index is 13.7. The molecule has 2 rings (SSSR count). The fraction of sp³-hybridized carbons (Fsp3) is 0.632. The summed E-state index contributed by atoms with van der Waals surface area (Å²) in [5.41, 5.74) is 0.210. The first-order valence-corrected chi connectivity index (χ1v) is 8.67. The van der Waals surface area contributed by atoms with Gasteiger partial charge in [-0.15, -0.1) is 0 Å². The summed E-state index contributed by atoms with van der Waals surface area (Å²) in [6.07, 6.45) is 4.34. The van der Waals surface area contributed by atoms with Crippen molar-refractivity contribution in [3.63, 3.8) is 0 Å². The van der Waals surface area contributed by atoms with Crippen LogP contribution >= 0.6 is 0 Å². The minimum atomic E-state index is -0.594. The van der Waals surface area contributed by atoms with Crippen LogP contribution in [0.3, 0.4) is 0 Å². The minimum absolute atomic E-state index is 0.0961. The van der Waals surface area contributed by atoms with E-state index >= 15 is 0 Å². The predicted octanol–water partition coefficient (Wildman–Crippen LogP) is 3.15. The lowest BCUT2D eigenvalue weighted by Crippen LogP contribution is -2.47. The Morgan fingerprint density at radius 1 is 1.17 bits per heavy atom. The van der Waals surface area contributed by atoms with E-state index < -0.39 is 5.41 Å². The van der Waals surface area contributed by atoms with Gasteiger partial charge in [0.25, 0.3) is 0 Å². The largest absolute Gasteiger partial charge is 0.385 e. The molecule has 0 unspecified atom stereocenters. The fourth-order valence-electron chi connectivity index (χ4n) is 3.61. The van der Waals surface area contributed by atoms with Crippen LogP contribution in [-0.4, -0.2) is 51.3 Å². The van der Waals surface area contributed by atoms with E-state index in [0.29, 0.717) is 26.3 Å². The molecule has 0 N–H and O–H groups in total. The van der Waals surface area contributed by atoms with Gasteiger partial charge in [0, 0.05) is 33.9 Å². The van der Waals surface area contributed by atoms with Crippen molar-refractivity contribution in [2.45, 2.75) is 37.5 Å². The summed E-state index contributed by atoms with van der Waals surface area (Å²) in [7, 11) is 3.29. The molecule has 0 saturated heterocycles. The van der Waals surface area contributed by atoms with Crippen molar-refractivity contribution in [3.8, 4) is 0 Å². The van der Waals surface area contributed by atoms with Gasteiger partial charge in [-0.3, -0.25) is 4.79 Å². The number of hydrogen-bond donors (Lipinski definition) is 0. The Morgan fingerprint density at radius 2 is 1.88 bits per heavy atom. The molecule has 1 aliphatic rings. The maximum Gasteiger partial charge on any atom is 0.233 e. The summed E-state index contributed by atoms with van der Waals surface area (Å²) >= 11 is 0. The normalized spacial score (nSPS) is 16.3. The number of carbonyl (C=O) groups excluding carboxylic acids is 1. The highest BCUT2D eigenvalue weighted by atomic mass is 19.1. The molecule has 0 atom stereocenters. The summed E-state index contributed by atoms with van der Waals surface area (Å²) in [6, 6.07) is 6.53. The minimum Gasteiger partial charge on any atom is -0.385 e. The van der Waals surface area contributed by atoms with Gasteiger partial charge in [-0.05, 0) is 37.0 Å². The molecule has 1 aliphatic carbocycles. The molecule has 5 heteroatoms. The second kappa shape index (κ2) is 9.14. The molecule has 0 aromatic heterocycles. The lowest BCUT2D eigenvalue weighted by Gasteiger charge is -2.35. The van der Waals surface area contributed by atoms with Crippen LogP contribution in [0.2, 0.25) is 0 Å². The fourth-order valence-corrected chi connectivity index (χ4v) is 3.61. The van der Waals surface area contributed by atoms with Gasteiger partial charge in [-0.1, -0.05) is 25.0 Å². The van der Waals surface area contributed by atoms with Crippen LogP contribution in [0.1, 0.15) is 37.7 Å². The second-order valence-corrected chi connectivity index (χ2v) is 6.43. The van der Waals surface area contributed by atoms with Gasteiger partial charge in [0.05, 0.1) is 12.0 Å². The average molecular weight is 337 g/mol. The lowest BCUT2D eigenvalue weighted by molar-refractivity contribution is -0.138. The number of rotatable bonds is 9. The third kappa shape index (κ3) is 4.33. The van der Waals surface area contributed by atoms with Crippen LogP contribution in [0.4, 0.5) is 4.39 Å². The molecular weight excluding hydrogens is 309 g/mol. The first kappa shape index (κ1) is 18.9. The molecule has 0 spiro atoms. The van der Waals surface area contributed by atoms with E-state index in [1.165, 1.54) is 12.1 Å². The van der Waals surface area contributed by atoms with Gasteiger partial charge >= 0.3 is 0 Å². The molecule has 1 aromatic carbocycles. The molecule has 0 aliphatic heterocycles. The number of methoxy groups -OCH3 is 2. The zero-order valence-electron chi connectivity index (χ0n) is 14.7. The van der Waals surface area contributed by atoms with Crippen molar-refractivity contribution in [3.05, 3.63) is 35.6 Å². The first-order valence-electron chi connectivity index (χ1n) is 8.67. The van der Waals surface area contributed by atoms with E-state index in [1.54, 1.807) is 20.3 Å². The molecule has 1 fully saturated rings. The van der Waals surface area contributed by atoms with Crippen molar-refractivity contribution in [2.75, 3.05) is 40.5 Å². The Kier molecular flexibility index (Phi) is 7.18. The number of benzene rings is 1. The molecule has 134 valence electrons. The van der Waals surface area contributed by atoms with Crippen molar-refractivity contribution in [1.29, 1.82) is 0 Å². The summed E-state index contributed by atoms with van der Waals surface area (Å²) < 4.78 is 24.0. The quantitative estimate of drug-likeness (QED) is 0.650. The highest BCUT2D eigenvalue weighted by molar-refractivity contribution is 5.88. The number of nitrogens with zero attached hydrogens (tertiary/aromatic N) is 1. The topological polar surface area (TPSA) is 38.8 Å². The number of amides is 1. The van der Waals surface area contributed by atoms with Crippen LogP contribution in [0.5, 0.6) is 0 Å². The molecule has 1 saturated carbocycles. The van der Waals surface area contributed by atoms with Gasteiger partial charge in [-0.2, -0.15) is 0 Å². The first-order chi connectivity index (χ1) is 11.6. The molecule has 4 nitrogen and oxygen atoms in total. The summed E-state index contributed by atoms with van der Waals surface area (Å²) in [5.74, 6) is -0.187. The average Bonchev–Trinajstić information content (AvgIpc) is 3.08. The molecule has 0 heterocycles. The third-order valence-electron chi connectivity index (χ3n) is 4.87. The van der Waals surface area contributed by atoms with Crippen LogP contribution in [0.15, 0.2) is 24.3 Å². The maximum atomic E-state index is 13.7. The van der Waals surface area contributed by atoms with E-state index in [4.69, 9.17) is 9.47 Å². The predicted molar refractivity (Wildman–Crippen MR) is 91.5 cm³/mol. The van der Waals surface area contributed by atoms with E-state index in [1.807, 2.05) is 11.0 Å². The van der Waals surface area contributed by atoms with Crippen LogP contribution in [-0.2, 0) is 19.7 Å². The Bertz CT molecular complexity index is 529. The highest BCUT2D eigenvalue weighted by Crippen LogP contribution is 2.42. The summed E-state index contributed by atoms with van der Waals surface area (Å²) in [5, 5.41) is 0. The van der Waals surface area contributed by atoms with Crippen LogP contribution in [0.25, 0.3) is 0 Å². The summed E-state index contributed by atoms with van der Waals surface area (Å²) in [4.78, 5) is 15.2. The van der Waals surface area contributed by atoms with E-state index in [-0.39, 0.29) is 11.7 Å². The second-order valence-electron chi connectivity index (χ2n) is 6.43. The van der Waals surface area contributed by atoms with Gasteiger partial charge in [0.15, 0.2) is 0 Å². The highest BCUT2D eigenvalue weighted by Gasteiger charge is 2.44. The number of halogens is 1. The van der Waals surface area contributed by atoms with Crippen molar-refractivity contribution >= 4 is 5.91 Å².